The van der Waals surface area contributed by atoms with Gasteiger partial charge in [-0.15, -0.1) is 0 Å². The van der Waals surface area contributed by atoms with Crippen molar-refractivity contribution in [2.75, 3.05) is 6.61 Å². The maximum absolute atomic E-state index is 5.32. The molecule has 12 heavy (non-hydrogen) atoms. The van der Waals surface area contributed by atoms with E-state index in [-0.39, 0.29) is 0 Å². The highest BCUT2D eigenvalue weighted by atomic mass is 16.6. The second-order valence-electron chi connectivity index (χ2n) is 2.39. The Morgan fingerprint density at radius 1 is 1.58 bits per heavy atom. The summed E-state index contributed by atoms with van der Waals surface area (Å²) >= 11 is 0. The van der Waals surface area contributed by atoms with E-state index in [0.717, 1.165) is 11.1 Å². The van der Waals surface area contributed by atoms with Crippen LogP contribution in [0.15, 0.2) is 28.8 Å². The van der Waals surface area contributed by atoms with Crippen molar-refractivity contribution in [1.82, 2.24) is 4.98 Å². The Kier molecular flexibility index (Phi) is 1.70. The summed E-state index contributed by atoms with van der Waals surface area (Å²) in [5, 5.41) is 0. The number of aromatic nitrogens is 1. The van der Waals surface area contributed by atoms with Gasteiger partial charge in [-0.1, -0.05) is 0 Å². The SMILES string of the molecule is CCOc1cc2ncccc2o1. The molecule has 0 N–H and O–H groups in total. The molecule has 0 fully saturated rings. The van der Waals surface area contributed by atoms with E-state index in [1.54, 1.807) is 12.3 Å². The minimum Gasteiger partial charge on any atom is -0.465 e. The van der Waals surface area contributed by atoms with Crippen molar-refractivity contribution in [3.05, 3.63) is 24.4 Å². The second-order valence-corrected chi connectivity index (χ2v) is 2.39. The first-order valence-electron chi connectivity index (χ1n) is 3.87. The highest BCUT2D eigenvalue weighted by Gasteiger charge is 2.02. The van der Waals surface area contributed by atoms with Crippen LogP contribution in [0.2, 0.25) is 0 Å². The fourth-order valence-corrected chi connectivity index (χ4v) is 1.06. The Balaban J connectivity index is 2.47. The molecule has 2 aromatic heterocycles. The average molecular weight is 163 g/mol. The quantitative estimate of drug-likeness (QED) is 0.680. The smallest absolute Gasteiger partial charge is 0.287 e. The van der Waals surface area contributed by atoms with Gasteiger partial charge < -0.3 is 9.15 Å². The van der Waals surface area contributed by atoms with E-state index in [9.17, 15) is 0 Å². The fraction of sp³-hybridized carbons (Fsp3) is 0.222. The predicted octanol–water partition coefficient (Wildman–Crippen LogP) is 2.23. The van der Waals surface area contributed by atoms with Gasteiger partial charge >= 0.3 is 0 Å². The van der Waals surface area contributed by atoms with E-state index in [0.29, 0.717) is 12.6 Å². The first-order chi connectivity index (χ1) is 5.90. The fourth-order valence-electron chi connectivity index (χ4n) is 1.06. The largest absolute Gasteiger partial charge is 0.465 e. The number of nitrogens with zero attached hydrogens (tertiary/aromatic N) is 1. The molecular weight excluding hydrogens is 154 g/mol. The zero-order chi connectivity index (χ0) is 8.39. The van der Waals surface area contributed by atoms with Gasteiger partial charge in [-0.25, -0.2) is 0 Å². The van der Waals surface area contributed by atoms with Crippen LogP contribution in [0.25, 0.3) is 11.1 Å². The van der Waals surface area contributed by atoms with Gasteiger partial charge in [-0.3, -0.25) is 4.98 Å². The summed E-state index contributed by atoms with van der Waals surface area (Å²) in [6, 6.07) is 5.49. The van der Waals surface area contributed by atoms with Gasteiger partial charge in [0.15, 0.2) is 5.58 Å². The summed E-state index contributed by atoms with van der Waals surface area (Å²) in [6.45, 7) is 2.53. The number of rotatable bonds is 2. The summed E-state index contributed by atoms with van der Waals surface area (Å²) in [5.41, 5.74) is 1.60. The minimum atomic E-state index is 0.534. The van der Waals surface area contributed by atoms with Gasteiger partial charge in [0.25, 0.3) is 5.95 Å². The summed E-state index contributed by atoms with van der Waals surface area (Å²) in [7, 11) is 0. The van der Waals surface area contributed by atoms with Crippen LogP contribution in [0.1, 0.15) is 6.92 Å². The van der Waals surface area contributed by atoms with Crippen molar-refractivity contribution < 1.29 is 9.15 Å². The molecule has 0 aliphatic heterocycles. The monoisotopic (exact) mass is 163 g/mol. The highest BCUT2D eigenvalue weighted by Crippen LogP contribution is 2.22. The van der Waals surface area contributed by atoms with E-state index >= 15 is 0 Å². The molecule has 2 aromatic rings. The van der Waals surface area contributed by atoms with Crippen molar-refractivity contribution >= 4 is 11.1 Å². The molecule has 3 heteroatoms. The topological polar surface area (TPSA) is 35.3 Å². The lowest BCUT2D eigenvalue weighted by atomic mass is 10.4. The van der Waals surface area contributed by atoms with Gasteiger partial charge in [-0.2, -0.15) is 0 Å². The third kappa shape index (κ3) is 1.13. The number of ether oxygens (including phenoxy) is 1. The van der Waals surface area contributed by atoms with Gasteiger partial charge in [0.2, 0.25) is 0 Å². The normalized spacial score (nSPS) is 10.4. The lowest BCUT2D eigenvalue weighted by Gasteiger charge is -1.93. The number of furan rings is 1. The highest BCUT2D eigenvalue weighted by molar-refractivity contribution is 5.73. The first kappa shape index (κ1) is 7.16. The summed E-state index contributed by atoms with van der Waals surface area (Å²) < 4.78 is 10.5. The molecule has 0 amide bonds. The average Bonchev–Trinajstić information content (AvgIpc) is 2.47. The third-order valence-electron chi connectivity index (χ3n) is 1.55. The van der Waals surface area contributed by atoms with Crippen molar-refractivity contribution in [1.29, 1.82) is 0 Å². The van der Waals surface area contributed by atoms with Crippen LogP contribution in [-0.4, -0.2) is 11.6 Å². The molecule has 0 atom stereocenters. The second kappa shape index (κ2) is 2.85. The van der Waals surface area contributed by atoms with Crippen LogP contribution >= 0.6 is 0 Å². The Morgan fingerprint density at radius 3 is 3.25 bits per heavy atom. The minimum absolute atomic E-state index is 0.534. The van der Waals surface area contributed by atoms with Crippen LogP contribution in [0.4, 0.5) is 0 Å². The molecule has 2 heterocycles. The van der Waals surface area contributed by atoms with Crippen LogP contribution < -0.4 is 4.74 Å². The van der Waals surface area contributed by atoms with Crippen LogP contribution in [0, 0.1) is 0 Å². The molecular formula is C9H9NO2. The molecule has 0 saturated heterocycles. The van der Waals surface area contributed by atoms with Gasteiger partial charge in [0.1, 0.15) is 5.52 Å². The van der Waals surface area contributed by atoms with E-state index in [4.69, 9.17) is 9.15 Å². The molecule has 62 valence electrons. The molecule has 0 bridgehead atoms. The summed E-state index contributed by atoms with van der Waals surface area (Å²) in [5.74, 6) is 0.534. The van der Waals surface area contributed by atoms with Crippen LogP contribution in [-0.2, 0) is 0 Å². The lowest BCUT2D eigenvalue weighted by Crippen LogP contribution is -1.87. The molecule has 2 rings (SSSR count). The first-order valence-corrected chi connectivity index (χ1v) is 3.87. The zero-order valence-electron chi connectivity index (χ0n) is 6.78. The predicted molar refractivity (Wildman–Crippen MR) is 45.2 cm³/mol. The Morgan fingerprint density at radius 2 is 2.50 bits per heavy atom. The van der Waals surface area contributed by atoms with Crippen molar-refractivity contribution in [3.63, 3.8) is 0 Å². The Bertz CT molecular complexity index is 348. The standard InChI is InChI=1S/C9H9NO2/c1-2-11-9-6-7-8(12-9)4-3-5-10-7/h3-6H,2H2,1H3. The maximum atomic E-state index is 5.32. The van der Waals surface area contributed by atoms with E-state index < -0.39 is 0 Å². The van der Waals surface area contributed by atoms with Crippen LogP contribution in [0.3, 0.4) is 0 Å². The Hall–Kier alpha value is -1.51. The molecule has 0 aromatic carbocycles. The summed E-state index contributed by atoms with van der Waals surface area (Å²) in [4.78, 5) is 4.11. The van der Waals surface area contributed by atoms with E-state index in [1.165, 1.54) is 0 Å². The summed E-state index contributed by atoms with van der Waals surface area (Å²) in [6.07, 6.45) is 1.73. The van der Waals surface area contributed by atoms with Crippen molar-refractivity contribution in [2.45, 2.75) is 6.92 Å². The molecule has 0 saturated carbocycles. The lowest BCUT2D eigenvalue weighted by molar-refractivity contribution is 0.265. The maximum Gasteiger partial charge on any atom is 0.287 e. The third-order valence-corrected chi connectivity index (χ3v) is 1.55. The van der Waals surface area contributed by atoms with Gasteiger partial charge in [0.05, 0.1) is 6.61 Å². The number of fused-ring (bicyclic) bond motifs is 1. The van der Waals surface area contributed by atoms with Gasteiger partial charge in [0, 0.05) is 12.3 Å². The molecule has 0 aliphatic rings. The van der Waals surface area contributed by atoms with Crippen molar-refractivity contribution in [2.24, 2.45) is 0 Å². The number of hydrogen-bond acceptors (Lipinski definition) is 3. The molecule has 0 unspecified atom stereocenters. The van der Waals surface area contributed by atoms with Gasteiger partial charge in [-0.05, 0) is 19.1 Å². The Labute approximate surface area is 70.0 Å². The van der Waals surface area contributed by atoms with E-state index in [1.807, 2.05) is 19.1 Å². The number of hydrogen-bond donors (Lipinski definition) is 0. The van der Waals surface area contributed by atoms with Crippen LogP contribution in [0.5, 0.6) is 5.95 Å². The number of pyridine rings is 1. The molecule has 3 nitrogen and oxygen atoms in total. The molecule has 0 radical (unpaired) electrons. The van der Waals surface area contributed by atoms with E-state index in [2.05, 4.69) is 4.98 Å². The molecule has 0 spiro atoms. The zero-order valence-corrected chi connectivity index (χ0v) is 6.78. The molecule has 0 aliphatic carbocycles. The van der Waals surface area contributed by atoms with Crippen molar-refractivity contribution in [3.8, 4) is 5.95 Å².